The number of nitrogens with zero attached hydrogens (tertiary/aromatic N) is 4. The Hall–Kier alpha value is -4.96. The van der Waals surface area contributed by atoms with Crippen LogP contribution in [0.15, 0.2) is 41.2 Å². The number of carbonyl (C=O) groups is 3. The van der Waals surface area contributed by atoms with Crippen LogP contribution in [0, 0.1) is 18.3 Å². The van der Waals surface area contributed by atoms with Crippen LogP contribution in [0.25, 0.3) is 10.9 Å². The summed E-state index contributed by atoms with van der Waals surface area (Å²) in [5.74, 6) is -1.56. The SMILES string of the molecule is CCCCCCCCCCCCNC(C)Nn1c(C(C(=O)Nc2ccccc2OC)N2C(=O)OC(C)(CC)C2=O)nc2c(C#N)cc(C)cc2c1=O. The van der Waals surface area contributed by atoms with E-state index in [2.05, 4.69) is 29.1 Å². The fraction of sp³-hybridized carbons (Fsp3) is 0.538. The maximum atomic E-state index is 14.4. The number of aryl methyl sites for hydroxylation is 1. The van der Waals surface area contributed by atoms with Crippen LogP contribution in [-0.2, 0) is 14.3 Å². The normalized spacial score (nSPS) is 16.8. The second-order valence-electron chi connectivity index (χ2n) is 13.6. The first-order valence-electron chi connectivity index (χ1n) is 18.5. The number of carbonyl (C=O) groups excluding carboxylic acids is 3. The summed E-state index contributed by atoms with van der Waals surface area (Å²) in [6, 6.07) is 10.2. The minimum atomic E-state index is -1.79. The third-order valence-electron chi connectivity index (χ3n) is 9.54. The van der Waals surface area contributed by atoms with E-state index in [1.165, 1.54) is 59.0 Å². The number of rotatable bonds is 20. The first kappa shape index (κ1) is 39.8. The van der Waals surface area contributed by atoms with Gasteiger partial charge in [-0.3, -0.25) is 19.7 Å². The topological polar surface area (TPSA) is 168 Å². The molecule has 52 heavy (non-hydrogen) atoms. The van der Waals surface area contributed by atoms with Crippen LogP contribution in [0.1, 0.15) is 121 Å². The van der Waals surface area contributed by atoms with Gasteiger partial charge in [-0.05, 0) is 70.0 Å². The zero-order valence-electron chi connectivity index (χ0n) is 31.3. The molecule has 3 unspecified atom stereocenters. The quantitative estimate of drug-likeness (QED) is 0.0835. The van der Waals surface area contributed by atoms with E-state index in [0.717, 1.165) is 23.9 Å². The molecule has 4 rings (SSSR count). The first-order valence-corrected chi connectivity index (χ1v) is 18.5. The van der Waals surface area contributed by atoms with Gasteiger partial charge in [-0.2, -0.15) is 5.26 Å². The summed E-state index contributed by atoms with van der Waals surface area (Å²) >= 11 is 0. The smallest absolute Gasteiger partial charge is 0.418 e. The summed E-state index contributed by atoms with van der Waals surface area (Å²) in [5.41, 5.74) is 2.03. The van der Waals surface area contributed by atoms with E-state index in [9.17, 15) is 24.4 Å². The molecule has 280 valence electrons. The predicted molar refractivity (Wildman–Crippen MR) is 201 cm³/mol. The van der Waals surface area contributed by atoms with E-state index >= 15 is 0 Å². The number of nitriles is 1. The van der Waals surface area contributed by atoms with E-state index in [-0.39, 0.29) is 34.4 Å². The van der Waals surface area contributed by atoms with E-state index in [0.29, 0.717) is 22.8 Å². The summed E-state index contributed by atoms with van der Waals surface area (Å²) in [5, 5.41) is 16.3. The van der Waals surface area contributed by atoms with Crippen LogP contribution in [0.4, 0.5) is 10.5 Å². The number of para-hydroxylation sites is 2. The summed E-state index contributed by atoms with van der Waals surface area (Å²) in [6.07, 6.45) is 10.6. The van der Waals surface area contributed by atoms with Crippen molar-refractivity contribution in [3.63, 3.8) is 0 Å². The molecule has 3 aromatic rings. The molecule has 3 N–H and O–H groups in total. The molecule has 1 aliphatic rings. The standard InChI is InChI=1S/C39H53N7O6/c1-7-9-10-11-12-13-14-15-16-19-22-41-27(4)44-46-34(43-32-28(25-40)23-26(3)24-29(32)36(46)48)33(45-37(49)39(5,8-2)52-38(45)50)35(47)42-30-20-17-18-21-31(30)51-6/h17-18,20-21,23-24,27,33,41,44H,7-16,19,22H2,1-6H3,(H,42,47). The average molecular weight is 716 g/mol. The van der Waals surface area contributed by atoms with Gasteiger partial charge in [-0.1, -0.05) is 83.8 Å². The molecule has 0 saturated carbocycles. The Morgan fingerprint density at radius 3 is 2.29 bits per heavy atom. The van der Waals surface area contributed by atoms with Crippen LogP contribution in [0.5, 0.6) is 5.75 Å². The fourth-order valence-corrected chi connectivity index (χ4v) is 6.38. The number of methoxy groups -OCH3 is 1. The van der Waals surface area contributed by atoms with Gasteiger partial charge in [0.1, 0.15) is 11.8 Å². The highest BCUT2D eigenvalue weighted by Crippen LogP contribution is 2.35. The summed E-state index contributed by atoms with van der Waals surface area (Å²) < 4.78 is 12.0. The molecule has 1 fully saturated rings. The monoisotopic (exact) mass is 715 g/mol. The Kier molecular flexibility index (Phi) is 14.2. The molecule has 1 aromatic heterocycles. The number of ether oxygens (including phenoxy) is 2. The molecule has 13 nitrogen and oxygen atoms in total. The van der Waals surface area contributed by atoms with Crippen LogP contribution >= 0.6 is 0 Å². The van der Waals surface area contributed by atoms with Gasteiger partial charge in [0, 0.05) is 0 Å². The van der Waals surface area contributed by atoms with Crippen LogP contribution in [0.2, 0.25) is 0 Å². The summed E-state index contributed by atoms with van der Waals surface area (Å²) in [6.45, 7) is 9.63. The number of anilines is 1. The van der Waals surface area contributed by atoms with E-state index < -0.39 is 41.3 Å². The highest BCUT2D eigenvalue weighted by molar-refractivity contribution is 6.08. The van der Waals surface area contributed by atoms with Gasteiger partial charge in [-0.15, -0.1) is 0 Å². The maximum Gasteiger partial charge on any atom is 0.418 e. The second kappa shape index (κ2) is 18.5. The third-order valence-corrected chi connectivity index (χ3v) is 9.54. The molecule has 1 saturated heterocycles. The van der Waals surface area contributed by atoms with Crippen LogP contribution < -0.4 is 26.4 Å². The number of hydrogen-bond acceptors (Lipinski definition) is 10. The Morgan fingerprint density at radius 2 is 1.67 bits per heavy atom. The van der Waals surface area contributed by atoms with Gasteiger partial charge in [0.05, 0.1) is 35.4 Å². The lowest BCUT2D eigenvalue weighted by Gasteiger charge is -2.28. The molecular formula is C39H53N7O6. The second-order valence-corrected chi connectivity index (χ2v) is 13.6. The van der Waals surface area contributed by atoms with Crippen molar-refractivity contribution in [1.82, 2.24) is 19.9 Å². The Morgan fingerprint density at radius 1 is 1.02 bits per heavy atom. The molecule has 0 aliphatic carbocycles. The molecular weight excluding hydrogens is 662 g/mol. The fourth-order valence-electron chi connectivity index (χ4n) is 6.38. The lowest BCUT2D eigenvalue weighted by molar-refractivity contribution is -0.140. The van der Waals surface area contributed by atoms with Crippen molar-refractivity contribution in [3.8, 4) is 11.8 Å². The summed E-state index contributed by atoms with van der Waals surface area (Å²) in [4.78, 5) is 61.6. The molecule has 2 heterocycles. The Labute approximate surface area is 306 Å². The van der Waals surface area contributed by atoms with E-state index in [4.69, 9.17) is 14.5 Å². The number of hydrogen-bond donors (Lipinski definition) is 3. The number of imide groups is 1. The van der Waals surface area contributed by atoms with E-state index in [1.54, 1.807) is 50.2 Å². The largest absolute Gasteiger partial charge is 0.495 e. The molecule has 2 aromatic carbocycles. The van der Waals surface area contributed by atoms with Gasteiger partial charge in [0.2, 0.25) is 0 Å². The number of benzene rings is 2. The Balaban J connectivity index is 1.70. The van der Waals surface area contributed by atoms with Crippen molar-refractivity contribution in [2.75, 3.05) is 24.4 Å². The number of unbranched alkanes of at least 4 members (excludes halogenated alkanes) is 9. The van der Waals surface area contributed by atoms with Crippen molar-refractivity contribution in [2.45, 2.75) is 123 Å². The lowest BCUT2D eigenvalue weighted by atomic mass is 10.0. The number of amides is 3. The van der Waals surface area contributed by atoms with Crippen molar-refractivity contribution in [1.29, 1.82) is 5.26 Å². The number of aromatic nitrogens is 2. The van der Waals surface area contributed by atoms with Crippen LogP contribution in [0.3, 0.4) is 0 Å². The average Bonchev–Trinajstić information content (AvgIpc) is 3.35. The maximum absolute atomic E-state index is 14.4. The highest BCUT2D eigenvalue weighted by atomic mass is 16.6. The van der Waals surface area contributed by atoms with Gasteiger partial charge < -0.3 is 20.2 Å². The van der Waals surface area contributed by atoms with Gasteiger partial charge in [-0.25, -0.2) is 19.4 Å². The first-order chi connectivity index (χ1) is 25.0. The van der Waals surface area contributed by atoms with Crippen molar-refractivity contribution < 1.29 is 23.9 Å². The molecule has 0 radical (unpaired) electrons. The van der Waals surface area contributed by atoms with Crippen molar-refractivity contribution in [2.24, 2.45) is 0 Å². The molecule has 3 atom stereocenters. The minimum Gasteiger partial charge on any atom is -0.495 e. The Bertz CT molecular complexity index is 1840. The minimum absolute atomic E-state index is 0.0329. The molecule has 3 amide bonds. The lowest BCUT2D eigenvalue weighted by Crippen LogP contribution is -2.50. The highest BCUT2D eigenvalue weighted by Gasteiger charge is 2.55. The molecule has 1 aliphatic heterocycles. The van der Waals surface area contributed by atoms with E-state index in [1.807, 2.05) is 6.92 Å². The molecule has 13 heteroatoms. The van der Waals surface area contributed by atoms with Crippen LogP contribution in [-0.4, -0.2) is 57.9 Å². The van der Waals surface area contributed by atoms with Gasteiger partial charge in [0.15, 0.2) is 17.5 Å². The third kappa shape index (κ3) is 9.28. The zero-order valence-corrected chi connectivity index (χ0v) is 31.3. The van der Waals surface area contributed by atoms with Gasteiger partial charge >= 0.3 is 6.09 Å². The van der Waals surface area contributed by atoms with Crippen molar-refractivity contribution in [3.05, 3.63) is 63.7 Å². The molecule has 0 bridgehead atoms. The predicted octanol–water partition coefficient (Wildman–Crippen LogP) is 6.81. The molecule has 0 spiro atoms. The summed E-state index contributed by atoms with van der Waals surface area (Å²) in [7, 11) is 1.44. The number of nitrogens with one attached hydrogen (secondary N) is 3. The van der Waals surface area contributed by atoms with Gasteiger partial charge in [0.25, 0.3) is 17.4 Å². The zero-order chi connectivity index (χ0) is 37.8. The number of fused-ring (bicyclic) bond motifs is 1. The number of cyclic esters (lactones) is 1. The van der Waals surface area contributed by atoms with Crippen molar-refractivity contribution >= 4 is 34.5 Å².